The van der Waals surface area contributed by atoms with E-state index in [1.54, 1.807) is 36.4 Å². The van der Waals surface area contributed by atoms with E-state index in [2.05, 4.69) is 5.32 Å². The summed E-state index contributed by atoms with van der Waals surface area (Å²) in [6.07, 6.45) is 0.740. The number of carbonyl (C=O) groups excluding carboxylic acids is 2. The van der Waals surface area contributed by atoms with Crippen LogP contribution in [0.2, 0.25) is 0 Å². The second kappa shape index (κ2) is 12.1. The molecule has 1 N–H and O–H groups in total. The molecule has 0 radical (unpaired) electrons. The van der Waals surface area contributed by atoms with Gasteiger partial charge in [0.15, 0.2) is 0 Å². The fourth-order valence-corrected chi connectivity index (χ4v) is 3.71. The van der Waals surface area contributed by atoms with E-state index in [-0.39, 0.29) is 36.9 Å². The molecule has 0 aliphatic heterocycles. The van der Waals surface area contributed by atoms with Crippen molar-refractivity contribution in [3.8, 4) is 0 Å². The molecule has 0 fully saturated rings. The van der Waals surface area contributed by atoms with Crippen molar-refractivity contribution in [2.75, 3.05) is 0 Å². The number of amides is 2. The van der Waals surface area contributed by atoms with E-state index in [0.717, 1.165) is 12.0 Å². The van der Waals surface area contributed by atoms with Crippen molar-refractivity contribution in [2.24, 2.45) is 0 Å². The van der Waals surface area contributed by atoms with Crippen LogP contribution in [0.4, 0.5) is 8.78 Å². The van der Waals surface area contributed by atoms with Crippen molar-refractivity contribution in [3.63, 3.8) is 0 Å². The smallest absolute Gasteiger partial charge is 0.243 e. The SMILES string of the molecule is CC[C@@H](C)NC(=O)[C@@H](Cc1ccccc1)N(Cc1ccccc1F)C(=O)Cc1ccccc1F. The molecule has 0 aromatic heterocycles. The van der Waals surface area contributed by atoms with Gasteiger partial charge in [0, 0.05) is 24.6 Å². The molecule has 0 saturated heterocycles. The Morgan fingerprint density at radius 3 is 2.00 bits per heavy atom. The zero-order valence-electron chi connectivity index (χ0n) is 19.5. The van der Waals surface area contributed by atoms with E-state index in [1.807, 2.05) is 44.2 Å². The maximum atomic E-state index is 14.6. The first-order valence-corrected chi connectivity index (χ1v) is 11.5. The van der Waals surface area contributed by atoms with Gasteiger partial charge in [0.1, 0.15) is 17.7 Å². The van der Waals surface area contributed by atoms with Crippen molar-refractivity contribution >= 4 is 11.8 Å². The van der Waals surface area contributed by atoms with Gasteiger partial charge < -0.3 is 10.2 Å². The molecule has 0 aliphatic carbocycles. The Kier molecular flexibility index (Phi) is 8.91. The van der Waals surface area contributed by atoms with Crippen molar-refractivity contribution in [1.82, 2.24) is 10.2 Å². The van der Waals surface area contributed by atoms with Crippen LogP contribution in [-0.2, 0) is 29.0 Å². The van der Waals surface area contributed by atoms with Gasteiger partial charge >= 0.3 is 0 Å². The number of nitrogens with zero attached hydrogens (tertiary/aromatic N) is 1. The Hall–Kier alpha value is -3.54. The van der Waals surface area contributed by atoms with E-state index in [0.29, 0.717) is 5.56 Å². The number of hydrogen-bond donors (Lipinski definition) is 1. The molecule has 2 amide bonds. The summed E-state index contributed by atoms with van der Waals surface area (Å²) in [5, 5.41) is 2.96. The van der Waals surface area contributed by atoms with E-state index in [9.17, 15) is 18.4 Å². The lowest BCUT2D eigenvalue weighted by Crippen LogP contribution is -2.52. The van der Waals surface area contributed by atoms with Crippen LogP contribution >= 0.6 is 0 Å². The van der Waals surface area contributed by atoms with Gasteiger partial charge in [0.2, 0.25) is 11.8 Å². The molecule has 3 aromatic carbocycles. The van der Waals surface area contributed by atoms with E-state index < -0.39 is 23.6 Å². The van der Waals surface area contributed by atoms with Crippen molar-refractivity contribution < 1.29 is 18.4 Å². The Morgan fingerprint density at radius 2 is 1.41 bits per heavy atom. The van der Waals surface area contributed by atoms with Crippen LogP contribution in [0.5, 0.6) is 0 Å². The Labute approximate surface area is 199 Å². The molecule has 0 bridgehead atoms. The standard InChI is InChI=1S/C28H30F2N2O2/c1-3-20(2)31-28(34)26(17-21-11-5-4-6-12-21)32(19-23-14-8-10-16-25(23)30)27(33)18-22-13-7-9-15-24(22)29/h4-16,20,26H,3,17-19H2,1-2H3,(H,31,34)/t20-,26-/m1/s1. The van der Waals surface area contributed by atoms with E-state index >= 15 is 0 Å². The fourth-order valence-electron chi connectivity index (χ4n) is 3.71. The summed E-state index contributed by atoms with van der Waals surface area (Å²) in [4.78, 5) is 28.3. The molecular weight excluding hydrogens is 434 g/mol. The molecule has 3 aromatic rings. The van der Waals surface area contributed by atoms with Gasteiger partial charge in [-0.3, -0.25) is 9.59 Å². The average molecular weight is 465 g/mol. The predicted octanol–water partition coefficient (Wildman–Crippen LogP) is 5.06. The minimum atomic E-state index is -0.893. The van der Waals surface area contributed by atoms with Crippen LogP contribution in [0, 0.1) is 11.6 Å². The van der Waals surface area contributed by atoms with Gasteiger partial charge in [-0.05, 0) is 36.6 Å². The molecule has 0 saturated carbocycles. The second-order valence-corrected chi connectivity index (χ2v) is 8.40. The fraction of sp³-hybridized carbons (Fsp3) is 0.286. The third-order valence-corrected chi connectivity index (χ3v) is 5.87. The van der Waals surface area contributed by atoms with Gasteiger partial charge in [-0.2, -0.15) is 0 Å². The molecule has 178 valence electrons. The Bertz CT molecular complexity index is 1100. The number of rotatable bonds is 10. The number of carbonyl (C=O) groups is 2. The normalized spacial score (nSPS) is 12.6. The molecule has 0 aliphatic rings. The number of nitrogens with one attached hydrogen (secondary N) is 1. The number of halogens is 2. The van der Waals surface area contributed by atoms with E-state index in [4.69, 9.17) is 0 Å². The van der Waals surface area contributed by atoms with Gasteiger partial charge in [0.05, 0.1) is 6.42 Å². The highest BCUT2D eigenvalue weighted by Gasteiger charge is 2.31. The molecule has 3 rings (SSSR count). The van der Waals surface area contributed by atoms with Gasteiger partial charge in [-0.1, -0.05) is 73.7 Å². The summed E-state index contributed by atoms with van der Waals surface area (Å²) < 4.78 is 28.9. The van der Waals surface area contributed by atoms with Crippen LogP contribution in [-0.4, -0.2) is 28.8 Å². The van der Waals surface area contributed by atoms with Crippen LogP contribution in [0.25, 0.3) is 0 Å². The Morgan fingerprint density at radius 1 is 0.853 bits per heavy atom. The van der Waals surface area contributed by atoms with Crippen LogP contribution in [0.1, 0.15) is 37.0 Å². The predicted molar refractivity (Wildman–Crippen MR) is 129 cm³/mol. The lowest BCUT2D eigenvalue weighted by molar-refractivity contribution is -0.141. The molecule has 0 spiro atoms. The van der Waals surface area contributed by atoms with Gasteiger partial charge in [-0.25, -0.2) is 8.78 Å². The summed E-state index contributed by atoms with van der Waals surface area (Å²) >= 11 is 0. The summed E-state index contributed by atoms with van der Waals surface area (Å²) in [5.74, 6) is -1.73. The number of hydrogen-bond acceptors (Lipinski definition) is 2. The highest BCUT2D eigenvalue weighted by molar-refractivity contribution is 5.89. The molecule has 4 nitrogen and oxygen atoms in total. The molecule has 6 heteroatoms. The van der Waals surface area contributed by atoms with Gasteiger partial charge in [0.25, 0.3) is 0 Å². The Balaban J connectivity index is 2.00. The summed E-state index contributed by atoms with van der Waals surface area (Å²) in [5.41, 5.74) is 1.38. The molecule has 34 heavy (non-hydrogen) atoms. The first-order valence-electron chi connectivity index (χ1n) is 11.5. The van der Waals surface area contributed by atoms with Crippen molar-refractivity contribution in [2.45, 2.75) is 51.7 Å². The lowest BCUT2D eigenvalue weighted by atomic mass is 10.0. The van der Waals surface area contributed by atoms with Crippen molar-refractivity contribution in [3.05, 3.63) is 107 Å². The molecule has 0 unspecified atom stereocenters. The third kappa shape index (κ3) is 6.73. The van der Waals surface area contributed by atoms with Gasteiger partial charge in [-0.15, -0.1) is 0 Å². The van der Waals surface area contributed by atoms with Crippen LogP contribution in [0.3, 0.4) is 0 Å². The second-order valence-electron chi connectivity index (χ2n) is 8.40. The first kappa shape index (κ1) is 25.1. The topological polar surface area (TPSA) is 49.4 Å². The third-order valence-electron chi connectivity index (χ3n) is 5.87. The zero-order valence-corrected chi connectivity index (χ0v) is 19.5. The maximum absolute atomic E-state index is 14.6. The molecular formula is C28H30F2N2O2. The minimum absolute atomic E-state index is 0.0947. The zero-order chi connectivity index (χ0) is 24.5. The van der Waals surface area contributed by atoms with Crippen molar-refractivity contribution in [1.29, 1.82) is 0 Å². The summed E-state index contributed by atoms with van der Waals surface area (Å²) in [6.45, 7) is 3.74. The lowest BCUT2D eigenvalue weighted by Gasteiger charge is -2.32. The summed E-state index contributed by atoms with van der Waals surface area (Å²) in [7, 11) is 0. The van der Waals surface area contributed by atoms with Crippen LogP contribution in [0.15, 0.2) is 78.9 Å². The largest absolute Gasteiger partial charge is 0.352 e. The average Bonchev–Trinajstić information content (AvgIpc) is 2.84. The molecule has 2 atom stereocenters. The maximum Gasteiger partial charge on any atom is 0.243 e. The number of benzene rings is 3. The highest BCUT2D eigenvalue weighted by Crippen LogP contribution is 2.19. The first-order chi connectivity index (χ1) is 16.4. The quantitative estimate of drug-likeness (QED) is 0.456. The van der Waals surface area contributed by atoms with E-state index in [1.165, 1.54) is 17.0 Å². The van der Waals surface area contributed by atoms with Crippen LogP contribution < -0.4 is 5.32 Å². The highest BCUT2D eigenvalue weighted by atomic mass is 19.1. The monoisotopic (exact) mass is 464 g/mol. The summed E-state index contributed by atoms with van der Waals surface area (Å²) in [6, 6.07) is 20.6. The minimum Gasteiger partial charge on any atom is -0.352 e. The molecule has 0 heterocycles.